The van der Waals surface area contributed by atoms with Crippen molar-refractivity contribution in [1.29, 1.82) is 0 Å². The zero-order valence-corrected chi connectivity index (χ0v) is 11.0. The summed E-state index contributed by atoms with van der Waals surface area (Å²) in [7, 11) is 0. The third kappa shape index (κ3) is 3.71. The highest BCUT2D eigenvalue weighted by molar-refractivity contribution is 5.76. The topological polar surface area (TPSA) is 75.2 Å². The maximum atomic E-state index is 10.5. The molecular weight excluding hydrogens is 244 g/mol. The highest BCUT2D eigenvalue weighted by Crippen LogP contribution is 2.19. The van der Waals surface area contributed by atoms with Crippen LogP contribution in [-0.2, 0) is 11.2 Å². The second-order valence-electron chi connectivity index (χ2n) is 4.46. The van der Waals surface area contributed by atoms with Gasteiger partial charge in [-0.2, -0.15) is 0 Å². The summed E-state index contributed by atoms with van der Waals surface area (Å²) in [6.07, 6.45) is 2.38. The molecule has 0 saturated heterocycles. The van der Waals surface area contributed by atoms with Gasteiger partial charge in [0.2, 0.25) is 0 Å². The lowest BCUT2D eigenvalue weighted by atomic mass is 10.2. The normalized spacial score (nSPS) is 10.8. The predicted octanol–water partition coefficient (Wildman–Crippen LogP) is 2.76. The SMILES string of the molecule is CCCOc1ccc2nc(CCCC(=O)O)[nH]c2c1. The number of nitrogens with one attached hydrogen (secondary N) is 1. The molecule has 0 aliphatic heterocycles. The number of benzene rings is 1. The van der Waals surface area contributed by atoms with Crippen molar-refractivity contribution in [2.24, 2.45) is 0 Å². The average Bonchev–Trinajstić information content (AvgIpc) is 2.77. The summed E-state index contributed by atoms with van der Waals surface area (Å²) in [4.78, 5) is 18.1. The summed E-state index contributed by atoms with van der Waals surface area (Å²) in [6, 6.07) is 5.75. The summed E-state index contributed by atoms with van der Waals surface area (Å²) in [5.41, 5.74) is 1.81. The minimum Gasteiger partial charge on any atom is -0.494 e. The molecule has 0 amide bonds. The molecule has 0 radical (unpaired) electrons. The quantitative estimate of drug-likeness (QED) is 0.804. The van der Waals surface area contributed by atoms with E-state index in [1.54, 1.807) is 0 Å². The highest BCUT2D eigenvalue weighted by atomic mass is 16.5. The molecule has 0 fully saturated rings. The molecule has 2 aromatic rings. The minimum absolute atomic E-state index is 0.169. The van der Waals surface area contributed by atoms with E-state index in [9.17, 15) is 4.79 Å². The van der Waals surface area contributed by atoms with E-state index in [4.69, 9.17) is 9.84 Å². The van der Waals surface area contributed by atoms with E-state index in [0.29, 0.717) is 19.4 Å². The van der Waals surface area contributed by atoms with Gasteiger partial charge in [-0.05, 0) is 25.0 Å². The number of hydrogen-bond donors (Lipinski definition) is 2. The van der Waals surface area contributed by atoms with Crippen molar-refractivity contribution in [1.82, 2.24) is 9.97 Å². The Morgan fingerprint density at radius 3 is 3.05 bits per heavy atom. The first-order valence-corrected chi connectivity index (χ1v) is 6.52. The van der Waals surface area contributed by atoms with Gasteiger partial charge < -0.3 is 14.8 Å². The van der Waals surface area contributed by atoms with Crippen molar-refractivity contribution in [3.05, 3.63) is 24.0 Å². The molecule has 0 aliphatic rings. The Balaban J connectivity index is 2.05. The maximum absolute atomic E-state index is 10.5. The van der Waals surface area contributed by atoms with Crippen molar-refractivity contribution in [3.63, 3.8) is 0 Å². The molecule has 0 saturated carbocycles. The second kappa shape index (κ2) is 6.22. The number of aliphatic carboxylic acids is 1. The number of H-pyrrole nitrogens is 1. The fourth-order valence-electron chi connectivity index (χ4n) is 1.88. The molecule has 19 heavy (non-hydrogen) atoms. The molecular formula is C14H18N2O3. The van der Waals surface area contributed by atoms with Crippen LogP contribution in [0.1, 0.15) is 32.0 Å². The number of aryl methyl sites for hydroxylation is 1. The number of aromatic nitrogens is 2. The van der Waals surface area contributed by atoms with E-state index >= 15 is 0 Å². The lowest BCUT2D eigenvalue weighted by molar-refractivity contribution is -0.137. The summed E-state index contributed by atoms with van der Waals surface area (Å²) >= 11 is 0. The number of fused-ring (bicyclic) bond motifs is 1. The Bertz CT molecular complexity index is 563. The smallest absolute Gasteiger partial charge is 0.303 e. The Morgan fingerprint density at radius 1 is 1.47 bits per heavy atom. The van der Waals surface area contributed by atoms with Gasteiger partial charge in [0.15, 0.2) is 0 Å². The molecule has 0 atom stereocenters. The fourth-order valence-corrected chi connectivity index (χ4v) is 1.88. The molecule has 0 aliphatic carbocycles. The predicted molar refractivity (Wildman–Crippen MR) is 72.5 cm³/mol. The molecule has 1 heterocycles. The van der Waals surface area contributed by atoms with Crippen LogP contribution in [0.5, 0.6) is 5.75 Å². The van der Waals surface area contributed by atoms with Gasteiger partial charge in [0.05, 0.1) is 17.6 Å². The molecule has 0 unspecified atom stereocenters. The molecule has 0 spiro atoms. The van der Waals surface area contributed by atoms with Crippen LogP contribution >= 0.6 is 0 Å². The number of aromatic amines is 1. The van der Waals surface area contributed by atoms with Crippen LogP contribution in [0.2, 0.25) is 0 Å². The lowest BCUT2D eigenvalue weighted by Crippen LogP contribution is -1.96. The summed E-state index contributed by atoms with van der Waals surface area (Å²) in [6.45, 7) is 2.76. The Labute approximate surface area is 111 Å². The van der Waals surface area contributed by atoms with Gasteiger partial charge in [-0.15, -0.1) is 0 Å². The van der Waals surface area contributed by atoms with Crippen LogP contribution in [0.4, 0.5) is 0 Å². The third-order valence-corrected chi connectivity index (χ3v) is 2.78. The number of carbonyl (C=O) groups is 1. The Morgan fingerprint density at radius 2 is 2.32 bits per heavy atom. The van der Waals surface area contributed by atoms with Crippen LogP contribution in [-0.4, -0.2) is 27.7 Å². The van der Waals surface area contributed by atoms with E-state index in [1.165, 1.54) is 0 Å². The zero-order chi connectivity index (χ0) is 13.7. The first kappa shape index (κ1) is 13.4. The van der Waals surface area contributed by atoms with Crippen molar-refractivity contribution >= 4 is 17.0 Å². The highest BCUT2D eigenvalue weighted by Gasteiger charge is 2.05. The number of hydrogen-bond acceptors (Lipinski definition) is 3. The monoisotopic (exact) mass is 262 g/mol. The summed E-state index contributed by atoms with van der Waals surface area (Å²) < 4.78 is 5.56. The number of imidazole rings is 1. The first-order chi connectivity index (χ1) is 9.19. The van der Waals surface area contributed by atoms with Gasteiger partial charge >= 0.3 is 5.97 Å². The number of ether oxygens (including phenoxy) is 1. The fraction of sp³-hybridized carbons (Fsp3) is 0.429. The summed E-state index contributed by atoms with van der Waals surface area (Å²) in [5.74, 6) is 0.880. The molecule has 5 nitrogen and oxygen atoms in total. The van der Waals surface area contributed by atoms with E-state index < -0.39 is 5.97 Å². The third-order valence-electron chi connectivity index (χ3n) is 2.78. The molecule has 5 heteroatoms. The summed E-state index contributed by atoms with van der Waals surface area (Å²) in [5, 5.41) is 8.60. The number of carboxylic acid groups (broad SMARTS) is 1. The molecule has 0 bridgehead atoms. The Hall–Kier alpha value is -2.04. The van der Waals surface area contributed by atoms with Crippen molar-refractivity contribution in [2.45, 2.75) is 32.6 Å². The van der Waals surface area contributed by atoms with E-state index in [-0.39, 0.29) is 6.42 Å². The maximum Gasteiger partial charge on any atom is 0.303 e. The molecule has 102 valence electrons. The molecule has 1 aromatic heterocycles. The largest absolute Gasteiger partial charge is 0.494 e. The number of rotatable bonds is 7. The second-order valence-corrected chi connectivity index (χ2v) is 4.46. The van der Waals surface area contributed by atoms with Gasteiger partial charge in [0, 0.05) is 18.9 Å². The van der Waals surface area contributed by atoms with Gasteiger partial charge in [-0.1, -0.05) is 6.92 Å². The van der Waals surface area contributed by atoms with Crippen LogP contribution in [0.15, 0.2) is 18.2 Å². The van der Waals surface area contributed by atoms with Crippen molar-refractivity contribution in [3.8, 4) is 5.75 Å². The van der Waals surface area contributed by atoms with Gasteiger partial charge in [0.25, 0.3) is 0 Å². The lowest BCUT2D eigenvalue weighted by Gasteiger charge is -2.03. The molecule has 1 aromatic carbocycles. The Kier molecular flexibility index (Phi) is 4.39. The van der Waals surface area contributed by atoms with Crippen molar-refractivity contribution < 1.29 is 14.6 Å². The zero-order valence-electron chi connectivity index (χ0n) is 11.0. The first-order valence-electron chi connectivity index (χ1n) is 6.52. The molecule has 2 N–H and O–H groups in total. The van der Waals surface area contributed by atoms with Crippen LogP contribution < -0.4 is 4.74 Å². The standard InChI is InChI=1S/C14H18N2O3/c1-2-8-19-10-6-7-11-12(9-10)16-13(15-11)4-3-5-14(17)18/h6-7,9H,2-5,8H2,1H3,(H,15,16)(H,17,18). The van der Waals surface area contributed by atoms with Crippen LogP contribution in [0, 0.1) is 0 Å². The molecule has 2 rings (SSSR count). The van der Waals surface area contributed by atoms with Gasteiger partial charge in [0.1, 0.15) is 11.6 Å². The van der Waals surface area contributed by atoms with E-state index in [1.807, 2.05) is 18.2 Å². The van der Waals surface area contributed by atoms with Crippen LogP contribution in [0.25, 0.3) is 11.0 Å². The van der Waals surface area contributed by atoms with Gasteiger partial charge in [-0.25, -0.2) is 4.98 Å². The minimum atomic E-state index is -0.772. The average molecular weight is 262 g/mol. The van der Waals surface area contributed by atoms with Crippen LogP contribution in [0.3, 0.4) is 0 Å². The number of nitrogens with zero attached hydrogens (tertiary/aromatic N) is 1. The van der Waals surface area contributed by atoms with E-state index in [0.717, 1.165) is 29.0 Å². The van der Waals surface area contributed by atoms with E-state index in [2.05, 4.69) is 16.9 Å². The van der Waals surface area contributed by atoms with Crippen molar-refractivity contribution in [2.75, 3.05) is 6.61 Å². The number of carboxylic acids is 1. The van der Waals surface area contributed by atoms with Gasteiger partial charge in [-0.3, -0.25) is 4.79 Å².